The molecule has 0 aliphatic heterocycles. The Morgan fingerprint density at radius 3 is 1.71 bits per heavy atom. The van der Waals surface area contributed by atoms with Gasteiger partial charge in [-0.05, 0) is 59.2 Å². The lowest BCUT2D eigenvalue weighted by Gasteiger charge is -2.42. The zero-order valence-electron chi connectivity index (χ0n) is 15.6. The van der Waals surface area contributed by atoms with E-state index in [4.69, 9.17) is 13.0 Å². The van der Waals surface area contributed by atoms with Gasteiger partial charge in [-0.15, -0.1) is 0 Å². The summed E-state index contributed by atoms with van der Waals surface area (Å²) < 4.78 is 18.8. The van der Waals surface area contributed by atoms with Gasteiger partial charge in [0.05, 0.1) is 6.61 Å². The molecule has 126 valence electrons. The van der Waals surface area contributed by atoms with E-state index in [9.17, 15) is 0 Å². The molecule has 0 aliphatic rings. The van der Waals surface area contributed by atoms with Crippen LogP contribution in [0.25, 0.3) is 0 Å². The Balaban J connectivity index is 4.74. The molecule has 0 radical (unpaired) electrons. The summed E-state index contributed by atoms with van der Waals surface area (Å²) in [6.45, 7) is 25.2. The fraction of sp³-hybridized carbons (Fsp3) is 0.867. The SMILES string of the molecule is C=C(C)COCCC(C)[Si](C)(O[Si](C)(C)C)O[Si](C)(C)C. The van der Waals surface area contributed by atoms with Gasteiger partial charge in [0.1, 0.15) is 0 Å². The Kier molecular flexibility index (Phi) is 8.32. The van der Waals surface area contributed by atoms with E-state index in [0.717, 1.165) is 18.6 Å². The molecule has 0 heterocycles. The van der Waals surface area contributed by atoms with E-state index in [2.05, 4.69) is 59.3 Å². The van der Waals surface area contributed by atoms with Crippen LogP contribution in [0, 0.1) is 0 Å². The third kappa shape index (κ3) is 10.6. The molecule has 6 heteroatoms. The quantitative estimate of drug-likeness (QED) is 0.311. The van der Waals surface area contributed by atoms with Gasteiger partial charge >= 0.3 is 8.56 Å². The van der Waals surface area contributed by atoms with Gasteiger partial charge in [-0.2, -0.15) is 0 Å². The lowest BCUT2D eigenvalue weighted by molar-refractivity contribution is 0.150. The summed E-state index contributed by atoms with van der Waals surface area (Å²) in [5.74, 6) is 0. The van der Waals surface area contributed by atoms with Crippen molar-refractivity contribution in [2.24, 2.45) is 0 Å². The number of hydrogen-bond acceptors (Lipinski definition) is 3. The summed E-state index contributed by atoms with van der Waals surface area (Å²) in [7, 11) is -5.41. The van der Waals surface area contributed by atoms with Crippen LogP contribution >= 0.6 is 0 Å². The predicted octanol–water partition coefficient (Wildman–Crippen LogP) is 5.13. The second-order valence-corrected chi connectivity index (χ2v) is 21.2. The Morgan fingerprint density at radius 1 is 0.952 bits per heavy atom. The Labute approximate surface area is 135 Å². The maximum atomic E-state index is 6.56. The van der Waals surface area contributed by atoms with Crippen LogP contribution in [0.1, 0.15) is 20.3 Å². The molecule has 0 aromatic heterocycles. The lowest BCUT2D eigenvalue weighted by atomic mass is 10.3. The van der Waals surface area contributed by atoms with E-state index < -0.39 is 25.2 Å². The molecule has 0 aromatic rings. The molecule has 0 aromatic carbocycles. The van der Waals surface area contributed by atoms with Gasteiger partial charge in [0.25, 0.3) is 0 Å². The van der Waals surface area contributed by atoms with E-state index >= 15 is 0 Å². The van der Waals surface area contributed by atoms with Gasteiger partial charge < -0.3 is 13.0 Å². The standard InChI is InChI=1S/C15H36O3Si3/c1-14(2)13-16-12-11-15(3)21(10,17-19(4,5)6)18-20(7,8)9/h15H,1,11-13H2,2-10H3. The molecule has 1 unspecified atom stereocenters. The van der Waals surface area contributed by atoms with Crippen molar-refractivity contribution in [1.29, 1.82) is 0 Å². The van der Waals surface area contributed by atoms with Crippen molar-refractivity contribution in [2.45, 2.75) is 71.6 Å². The predicted molar refractivity (Wildman–Crippen MR) is 100 cm³/mol. The van der Waals surface area contributed by atoms with Crippen LogP contribution in [0.5, 0.6) is 0 Å². The maximum Gasteiger partial charge on any atom is 0.317 e. The van der Waals surface area contributed by atoms with Crippen LogP contribution in [-0.4, -0.2) is 38.4 Å². The highest BCUT2D eigenvalue weighted by Gasteiger charge is 2.44. The zero-order valence-corrected chi connectivity index (χ0v) is 18.6. The van der Waals surface area contributed by atoms with Crippen molar-refractivity contribution in [1.82, 2.24) is 0 Å². The molecule has 0 aliphatic carbocycles. The summed E-state index contributed by atoms with van der Waals surface area (Å²) in [4.78, 5) is 0. The van der Waals surface area contributed by atoms with Crippen molar-refractivity contribution in [3.05, 3.63) is 12.2 Å². The molecule has 0 N–H and O–H groups in total. The first-order valence-electron chi connectivity index (χ1n) is 7.88. The van der Waals surface area contributed by atoms with E-state index in [0.29, 0.717) is 12.1 Å². The summed E-state index contributed by atoms with van der Waals surface area (Å²) in [6, 6.07) is 0. The highest BCUT2D eigenvalue weighted by atomic mass is 28.5. The summed E-state index contributed by atoms with van der Waals surface area (Å²) in [5, 5.41) is 0. The minimum absolute atomic E-state index is 0.432. The fourth-order valence-corrected chi connectivity index (χ4v) is 14.7. The molecule has 0 fully saturated rings. The molecule has 0 spiro atoms. The first kappa shape index (κ1) is 21.3. The van der Waals surface area contributed by atoms with Crippen molar-refractivity contribution < 1.29 is 13.0 Å². The molecule has 1 atom stereocenters. The average molecular weight is 349 g/mol. The van der Waals surface area contributed by atoms with Gasteiger partial charge in [-0.3, -0.25) is 0 Å². The molecular formula is C15H36O3Si3. The summed E-state index contributed by atoms with van der Waals surface area (Å²) in [5.41, 5.74) is 1.50. The first-order valence-corrected chi connectivity index (χ1v) is 17.1. The monoisotopic (exact) mass is 348 g/mol. The van der Waals surface area contributed by atoms with Crippen LogP contribution in [-0.2, 0) is 13.0 Å². The van der Waals surface area contributed by atoms with Gasteiger partial charge in [0.2, 0.25) is 0 Å². The zero-order chi connectivity index (χ0) is 16.9. The van der Waals surface area contributed by atoms with Crippen LogP contribution in [0.2, 0.25) is 51.4 Å². The molecule has 0 saturated carbocycles. The largest absolute Gasteiger partial charge is 0.436 e. The van der Waals surface area contributed by atoms with Gasteiger partial charge in [0, 0.05) is 12.1 Å². The molecule has 0 bridgehead atoms. The normalized spacial score (nSPS) is 15.1. The summed E-state index contributed by atoms with van der Waals surface area (Å²) >= 11 is 0. The fourth-order valence-electron chi connectivity index (χ4n) is 2.21. The van der Waals surface area contributed by atoms with Crippen molar-refractivity contribution in [3.8, 4) is 0 Å². The van der Waals surface area contributed by atoms with Crippen LogP contribution in [0.3, 0.4) is 0 Å². The van der Waals surface area contributed by atoms with E-state index in [-0.39, 0.29) is 0 Å². The summed E-state index contributed by atoms with van der Waals surface area (Å²) in [6.07, 6.45) is 0.991. The molecule has 0 rings (SSSR count). The minimum atomic E-state index is -2.18. The molecular weight excluding hydrogens is 312 g/mol. The molecule has 21 heavy (non-hydrogen) atoms. The van der Waals surface area contributed by atoms with Gasteiger partial charge in [0.15, 0.2) is 16.6 Å². The molecule has 3 nitrogen and oxygen atoms in total. The van der Waals surface area contributed by atoms with Crippen LogP contribution in [0.15, 0.2) is 12.2 Å². The minimum Gasteiger partial charge on any atom is -0.436 e. The van der Waals surface area contributed by atoms with Gasteiger partial charge in [-0.1, -0.05) is 19.1 Å². The van der Waals surface area contributed by atoms with Crippen LogP contribution < -0.4 is 0 Å². The molecule has 0 amide bonds. The maximum absolute atomic E-state index is 6.56. The van der Waals surface area contributed by atoms with E-state index in [1.807, 2.05) is 6.92 Å². The van der Waals surface area contributed by atoms with Crippen LogP contribution in [0.4, 0.5) is 0 Å². The lowest BCUT2D eigenvalue weighted by Crippen LogP contribution is -2.55. The van der Waals surface area contributed by atoms with Crippen molar-refractivity contribution >= 4 is 25.2 Å². The Hall–Kier alpha value is 0.271. The smallest absolute Gasteiger partial charge is 0.317 e. The third-order valence-corrected chi connectivity index (χ3v) is 13.2. The van der Waals surface area contributed by atoms with E-state index in [1.54, 1.807) is 0 Å². The number of hydrogen-bond donors (Lipinski definition) is 0. The third-order valence-electron chi connectivity index (χ3n) is 2.96. The molecule has 0 saturated heterocycles. The average Bonchev–Trinajstić information content (AvgIpc) is 2.17. The highest BCUT2D eigenvalue weighted by molar-refractivity contribution is 6.88. The van der Waals surface area contributed by atoms with E-state index in [1.165, 1.54) is 0 Å². The highest BCUT2D eigenvalue weighted by Crippen LogP contribution is 2.32. The van der Waals surface area contributed by atoms with Crippen molar-refractivity contribution in [2.75, 3.05) is 13.2 Å². The first-order chi connectivity index (χ1) is 9.25. The van der Waals surface area contributed by atoms with Crippen molar-refractivity contribution in [3.63, 3.8) is 0 Å². The Bertz CT molecular complexity index is 316. The number of rotatable bonds is 10. The topological polar surface area (TPSA) is 27.7 Å². The van der Waals surface area contributed by atoms with Gasteiger partial charge in [-0.25, -0.2) is 0 Å². The number of ether oxygens (including phenoxy) is 1. The second-order valence-electron chi connectivity index (χ2n) is 8.14. The second kappa shape index (κ2) is 8.22. The Morgan fingerprint density at radius 2 is 1.38 bits per heavy atom.